The van der Waals surface area contributed by atoms with E-state index >= 15 is 0 Å². The van der Waals surface area contributed by atoms with Gasteiger partial charge >= 0.3 is 218 Å². The molecule has 2 nitrogen and oxygen atoms in total. The van der Waals surface area contributed by atoms with Crippen molar-refractivity contribution in [2.24, 2.45) is 0 Å². The maximum atomic E-state index is 5.30. The molecular formula is C42H24N2Se. The van der Waals surface area contributed by atoms with E-state index in [4.69, 9.17) is 9.97 Å². The normalized spacial score (nSPS) is 12.0. The third kappa shape index (κ3) is 3.69. The topological polar surface area (TPSA) is 25.8 Å². The van der Waals surface area contributed by atoms with Gasteiger partial charge in [-0.25, -0.2) is 0 Å². The predicted molar refractivity (Wildman–Crippen MR) is 192 cm³/mol. The molecule has 0 amide bonds. The second-order valence-corrected chi connectivity index (χ2v) is 13.9. The van der Waals surface area contributed by atoms with Crippen molar-refractivity contribution in [1.29, 1.82) is 0 Å². The predicted octanol–water partition coefficient (Wildman–Crippen LogP) is 10.9. The monoisotopic (exact) mass is 636 g/mol. The Labute approximate surface area is 265 Å². The van der Waals surface area contributed by atoms with Crippen molar-refractivity contribution in [2.75, 3.05) is 0 Å². The Kier molecular flexibility index (Phi) is 5.33. The molecule has 0 bridgehead atoms. The zero-order valence-corrected chi connectivity index (χ0v) is 25.9. The fourth-order valence-corrected chi connectivity index (χ4v) is 9.85. The van der Waals surface area contributed by atoms with Crippen molar-refractivity contribution in [1.82, 2.24) is 9.97 Å². The Morgan fingerprint density at radius 1 is 0.400 bits per heavy atom. The van der Waals surface area contributed by atoms with Crippen molar-refractivity contribution in [3.05, 3.63) is 146 Å². The molecule has 2 aromatic heterocycles. The molecule has 3 heteroatoms. The van der Waals surface area contributed by atoms with Crippen LogP contribution in [0.25, 0.3) is 95.9 Å². The molecule has 0 aliphatic carbocycles. The molecule has 0 radical (unpaired) electrons. The van der Waals surface area contributed by atoms with Crippen LogP contribution < -0.4 is 0 Å². The number of hydrogen-bond donors (Lipinski definition) is 0. The molecule has 0 N–H and O–H groups in total. The van der Waals surface area contributed by atoms with Crippen LogP contribution in [0.4, 0.5) is 0 Å². The van der Waals surface area contributed by atoms with Gasteiger partial charge in [-0.15, -0.1) is 0 Å². The van der Waals surface area contributed by atoms with Gasteiger partial charge in [0.25, 0.3) is 0 Å². The van der Waals surface area contributed by atoms with Gasteiger partial charge < -0.3 is 0 Å². The minimum Gasteiger partial charge on any atom is -0.0616 e. The molecule has 0 atom stereocenters. The molecule has 0 spiro atoms. The zero-order valence-electron chi connectivity index (χ0n) is 24.2. The van der Waals surface area contributed by atoms with E-state index in [0.717, 1.165) is 33.5 Å². The van der Waals surface area contributed by atoms with Gasteiger partial charge in [-0.2, -0.15) is 0 Å². The summed E-state index contributed by atoms with van der Waals surface area (Å²) in [6.07, 6.45) is 0. The summed E-state index contributed by atoms with van der Waals surface area (Å²) in [5, 5.41) is 14.1. The minimum absolute atomic E-state index is 0.277. The van der Waals surface area contributed by atoms with E-state index in [1.807, 2.05) is 0 Å². The van der Waals surface area contributed by atoms with Crippen molar-refractivity contribution in [2.45, 2.75) is 0 Å². The number of hydrogen-bond acceptors (Lipinski definition) is 2. The Morgan fingerprint density at radius 3 is 1.96 bits per heavy atom. The van der Waals surface area contributed by atoms with Gasteiger partial charge in [0.2, 0.25) is 0 Å². The van der Waals surface area contributed by atoms with E-state index in [1.54, 1.807) is 0 Å². The number of rotatable bonds is 2. The summed E-state index contributed by atoms with van der Waals surface area (Å²) in [6.45, 7) is 0. The average molecular weight is 636 g/mol. The molecule has 0 fully saturated rings. The molecule has 0 saturated carbocycles. The first-order valence-corrected chi connectivity index (χ1v) is 17.0. The SMILES string of the molecule is c1ccc(-c2nc(-c3ccc4c(c3)c3ccccc3c3c4ccc4c5ccccc5[se]c43)nc3ccc4ccccc4c23)cc1. The molecule has 0 aliphatic rings. The van der Waals surface area contributed by atoms with Gasteiger partial charge in [0.1, 0.15) is 0 Å². The molecule has 0 aliphatic heterocycles. The van der Waals surface area contributed by atoms with Crippen LogP contribution in [0.5, 0.6) is 0 Å². The number of benzene rings is 8. The van der Waals surface area contributed by atoms with Crippen LogP contribution in [0.15, 0.2) is 146 Å². The fraction of sp³-hybridized carbons (Fsp3) is 0. The van der Waals surface area contributed by atoms with Gasteiger partial charge in [0, 0.05) is 0 Å². The van der Waals surface area contributed by atoms with E-state index in [-0.39, 0.29) is 14.5 Å². The summed E-state index contributed by atoms with van der Waals surface area (Å²) in [5.41, 5.74) is 4.04. The van der Waals surface area contributed by atoms with Crippen LogP contribution >= 0.6 is 0 Å². The minimum atomic E-state index is 0.277. The van der Waals surface area contributed by atoms with E-state index in [0.29, 0.717) is 0 Å². The Hall–Kier alpha value is -5.34. The summed E-state index contributed by atoms with van der Waals surface area (Å²) < 4.78 is 2.98. The number of aromatic nitrogens is 2. The molecular weight excluding hydrogens is 611 g/mol. The van der Waals surface area contributed by atoms with Crippen molar-refractivity contribution < 1.29 is 0 Å². The van der Waals surface area contributed by atoms with E-state index in [2.05, 4.69) is 146 Å². The summed E-state index contributed by atoms with van der Waals surface area (Å²) >= 11 is 0.277. The maximum absolute atomic E-state index is 5.30. The van der Waals surface area contributed by atoms with Crippen molar-refractivity contribution in [3.8, 4) is 22.6 Å². The van der Waals surface area contributed by atoms with Gasteiger partial charge in [-0.3, -0.25) is 0 Å². The quantitative estimate of drug-likeness (QED) is 0.140. The van der Waals surface area contributed by atoms with Crippen molar-refractivity contribution >= 4 is 87.8 Å². The first-order valence-electron chi connectivity index (χ1n) is 15.3. The molecule has 10 rings (SSSR count). The molecule has 2 heterocycles. The second kappa shape index (κ2) is 9.58. The fourth-order valence-electron chi connectivity index (χ4n) is 7.19. The zero-order chi connectivity index (χ0) is 29.5. The summed E-state index contributed by atoms with van der Waals surface area (Å²) in [7, 11) is 0. The van der Waals surface area contributed by atoms with Crippen LogP contribution in [0.1, 0.15) is 0 Å². The van der Waals surface area contributed by atoms with Gasteiger partial charge in [0.15, 0.2) is 0 Å². The van der Waals surface area contributed by atoms with Crippen LogP contribution in [0.3, 0.4) is 0 Å². The first-order chi connectivity index (χ1) is 22.3. The van der Waals surface area contributed by atoms with Gasteiger partial charge in [0.05, 0.1) is 0 Å². The molecule has 0 unspecified atom stereocenters. The summed E-state index contributed by atoms with van der Waals surface area (Å²) in [4.78, 5) is 10.5. The van der Waals surface area contributed by atoms with Crippen LogP contribution in [-0.4, -0.2) is 24.5 Å². The third-order valence-electron chi connectivity index (χ3n) is 9.24. The average Bonchev–Trinajstić information content (AvgIpc) is 3.50. The first kappa shape index (κ1) is 25.0. The smallest absolute Gasteiger partial charge is 0.0616 e. The van der Waals surface area contributed by atoms with E-state index in [1.165, 1.54) is 62.4 Å². The van der Waals surface area contributed by atoms with E-state index in [9.17, 15) is 0 Å². The van der Waals surface area contributed by atoms with Crippen molar-refractivity contribution in [3.63, 3.8) is 0 Å². The summed E-state index contributed by atoms with van der Waals surface area (Å²) in [5.74, 6) is 0.746. The number of nitrogens with zero attached hydrogens (tertiary/aromatic N) is 2. The Bertz CT molecular complexity index is 2790. The van der Waals surface area contributed by atoms with Gasteiger partial charge in [-0.05, 0) is 5.39 Å². The standard InChI is InChI=1S/C42H24N2Se/c1-2-11-26(12-3-1)40-39-28-13-5-4-10-25(28)19-23-36(39)43-42(44-40)27-18-20-30-33-21-22-34-31-15-8-9-17-37(31)45-41(34)38(33)32-16-7-6-14-29(32)35(30)24-27/h1-24H. The molecule has 45 heavy (non-hydrogen) atoms. The van der Waals surface area contributed by atoms with Crippen LogP contribution in [-0.2, 0) is 0 Å². The summed E-state index contributed by atoms with van der Waals surface area (Å²) in [6, 6.07) is 52.6. The molecule has 0 saturated heterocycles. The number of fused-ring (bicyclic) bond motifs is 13. The Morgan fingerprint density at radius 2 is 1.07 bits per heavy atom. The third-order valence-corrected chi connectivity index (χ3v) is 11.8. The molecule has 208 valence electrons. The van der Waals surface area contributed by atoms with Crippen LogP contribution in [0, 0.1) is 0 Å². The van der Waals surface area contributed by atoms with Gasteiger partial charge in [-0.1, -0.05) is 42.5 Å². The Balaban J connectivity index is 1.28. The molecule has 8 aromatic carbocycles. The molecule has 10 aromatic rings. The van der Waals surface area contributed by atoms with Crippen LogP contribution in [0.2, 0.25) is 0 Å². The van der Waals surface area contributed by atoms with E-state index < -0.39 is 0 Å². The second-order valence-electron chi connectivity index (χ2n) is 11.7.